The van der Waals surface area contributed by atoms with Crippen LogP contribution in [0.25, 0.3) is 0 Å². The van der Waals surface area contributed by atoms with Crippen LogP contribution in [0.3, 0.4) is 0 Å². The van der Waals surface area contributed by atoms with E-state index in [1.54, 1.807) is 6.20 Å². The monoisotopic (exact) mass is 288 g/mol. The van der Waals surface area contributed by atoms with Gasteiger partial charge in [-0.15, -0.1) is 0 Å². The Bertz CT molecular complexity index is 496. The molecule has 1 aliphatic heterocycles. The molecule has 0 spiro atoms. The Morgan fingerprint density at radius 1 is 1.29 bits per heavy atom. The fraction of sp³-hybridized carbons (Fsp3) is 0.625. The molecule has 3 rings (SSSR count). The van der Waals surface area contributed by atoms with Crippen molar-refractivity contribution < 1.29 is 4.79 Å². The molecule has 1 saturated heterocycles. The number of pyridine rings is 1. The van der Waals surface area contributed by atoms with Crippen molar-refractivity contribution in [2.75, 3.05) is 18.4 Å². The molecule has 1 atom stereocenters. The van der Waals surface area contributed by atoms with E-state index in [2.05, 4.69) is 34.4 Å². The molecule has 5 nitrogen and oxygen atoms in total. The molecule has 2 heterocycles. The third kappa shape index (κ3) is 3.73. The molecular weight excluding hydrogens is 264 g/mol. The van der Waals surface area contributed by atoms with Crippen LogP contribution < -0.4 is 10.6 Å². The largest absolute Gasteiger partial charge is 0.367 e. The Morgan fingerprint density at radius 3 is 2.67 bits per heavy atom. The molecular formula is C16H24N4O. The summed E-state index contributed by atoms with van der Waals surface area (Å²) in [6.45, 7) is 6.39. The van der Waals surface area contributed by atoms with Crippen LogP contribution in [-0.4, -0.2) is 47.0 Å². The molecule has 0 bridgehead atoms. The number of amides is 1. The van der Waals surface area contributed by atoms with Crippen molar-refractivity contribution in [3.05, 3.63) is 23.9 Å². The van der Waals surface area contributed by atoms with Gasteiger partial charge >= 0.3 is 0 Å². The number of anilines is 1. The number of carbonyl (C=O) groups is 1. The molecule has 2 fully saturated rings. The van der Waals surface area contributed by atoms with Gasteiger partial charge in [0, 0.05) is 37.4 Å². The minimum atomic E-state index is -0.0175. The van der Waals surface area contributed by atoms with Crippen molar-refractivity contribution >= 4 is 11.7 Å². The highest BCUT2D eigenvalue weighted by Gasteiger charge is 2.26. The third-order valence-electron chi connectivity index (χ3n) is 4.24. The number of nitrogens with one attached hydrogen (secondary N) is 2. The number of nitrogens with zero attached hydrogens (tertiary/aromatic N) is 2. The maximum absolute atomic E-state index is 12.2. The summed E-state index contributed by atoms with van der Waals surface area (Å²) in [5.41, 5.74) is 0.638. The van der Waals surface area contributed by atoms with Crippen LogP contribution in [0.5, 0.6) is 0 Å². The van der Waals surface area contributed by atoms with Gasteiger partial charge in [0.05, 0.1) is 5.56 Å². The van der Waals surface area contributed by atoms with Crippen molar-refractivity contribution in [2.45, 2.75) is 51.2 Å². The van der Waals surface area contributed by atoms with Gasteiger partial charge in [-0.3, -0.25) is 9.69 Å². The standard InChI is InChI=1S/C16H24N4O/c1-11(2)20-8-7-14(10-20)19-16(21)12-3-6-15(17-9-12)18-13-4-5-13/h3,6,9,11,13-14H,4-5,7-8,10H2,1-2H3,(H,17,18)(H,19,21)/t14-/m0/s1. The van der Waals surface area contributed by atoms with Crippen LogP contribution in [0.1, 0.15) is 43.5 Å². The smallest absolute Gasteiger partial charge is 0.253 e. The number of hydrogen-bond acceptors (Lipinski definition) is 4. The van der Waals surface area contributed by atoms with E-state index in [9.17, 15) is 4.79 Å². The quantitative estimate of drug-likeness (QED) is 0.868. The molecule has 1 amide bonds. The number of hydrogen-bond donors (Lipinski definition) is 2. The second-order valence-corrected chi connectivity index (χ2v) is 6.40. The molecule has 0 unspecified atom stereocenters. The predicted molar refractivity (Wildman–Crippen MR) is 83.5 cm³/mol. The molecule has 1 saturated carbocycles. The molecule has 1 aromatic rings. The lowest BCUT2D eigenvalue weighted by atomic mass is 10.2. The average Bonchev–Trinajstić information content (AvgIpc) is 3.15. The van der Waals surface area contributed by atoms with E-state index in [1.807, 2.05) is 12.1 Å². The lowest BCUT2D eigenvalue weighted by molar-refractivity contribution is 0.0936. The van der Waals surface area contributed by atoms with Crippen molar-refractivity contribution in [3.8, 4) is 0 Å². The lowest BCUT2D eigenvalue weighted by Crippen LogP contribution is -2.38. The summed E-state index contributed by atoms with van der Waals surface area (Å²) in [6.07, 6.45) is 5.13. The van der Waals surface area contributed by atoms with E-state index in [0.29, 0.717) is 17.6 Å². The van der Waals surface area contributed by atoms with Crippen molar-refractivity contribution in [1.82, 2.24) is 15.2 Å². The number of aromatic nitrogens is 1. The molecule has 21 heavy (non-hydrogen) atoms. The van der Waals surface area contributed by atoms with Crippen LogP contribution in [0.15, 0.2) is 18.3 Å². The Balaban J connectivity index is 1.53. The minimum Gasteiger partial charge on any atom is -0.367 e. The van der Waals surface area contributed by atoms with Crippen LogP contribution in [0.4, 0.5) is 5.82 Å². The molecule has 1 aliphatic carbocycles. The SMILES string of the molecule is CC(C)N1CC[C@H](NC(=O)c2ccc(NC3CC3)nc2)C1. The fourth-order valence-corrected chi connectivity index (χ4v) is 2.69. The lowest BCUT2D eigenvalue weighted by Gasteiger charge is -2.20. The highest BCUT2D eigenvalue weighted by Crippen LogP contribution is 2.23. The minimum absolute atomic E-state index is 0.0175. The van der Waals surface area contributed by atoms with Gasteiger partial charge in [0.15, 0.2) is 0 Å². The first-order chi connectivity index (χ1) is 10.1. The first-order valence-corrected chi connectivity index (χ1v) is 7.89. The zero-order valence-corrected chi connectivity index (χ0v) is 12.8. The zero-order chi connectivity index (χ0) is 14.8. The summed E-state index contributed by atoms with van der Waals surface area (Å²) in [5, 5.41) is 6.44. The Labute approximate surface area is 126 Å². The van der Waals surface area contributed by atoms with Crippen LogP contribution >= 0.6 is 0 Å². The van der Waals surface area contributed by atoms with Crippen LogP contribution in [-0.2, 0) is 0 Å². The Hall–Kier alpha value is -1.62. The molecule has 114 valence electrons. The van der Waals surface area contributed by atoms with E-state index in [4.69, 9.17) is 0 Å². The maximum atomic E-state index is 12.2. The summed E-state index contributed by atoms with van der Waals surface area (Å²) >= 11 is 0. The average molecular weight is 288 g/mol. The number of likely N-dealkylation sites (tertiary alicyclic amines) is 1. The third-order valence-corrected chi connectivity index (χ3v) is 4.24. The highest BCUT2D eigenvalue weighted by atomic mass is 16.1. The Morgan fingerprint density at radius 2 is 2.10 bits per heavy atom. The van der Waals surface area contributed by atoms with Gasteiger partial charge in [0.1, 0.15) is 5.82 Å². The van der Waals surface area contributed by atoms with Gasteiger partial charge in [0.2, 0.25) is 0 Å². The molecule has 0 aromatic carbocycles. The normalized spacial score (nSPS) is 22.5. The van der Waals surface area contributed by atoms with Crippen LogP contribution in [0.2, 0.25) is 0 Å². The predicted octanol–water partition coefficient (Wildman–Crippen LogP) is 1.87. The molecule has 5 heteroatoms. The van der Waals surface area contributed by atoms with Gasteiger partial charge in [-0.1, -0.05) is 0 Å². The van der Waals surface area contributed by atoms with Gasteiger partial charge in [-0.05, 0) is 45.2 Å². The van der Waals surface area contributed by atoms with Gasteiger partial charge < -0.3 is 10.6 Å². The van der Waals surface area contributed by atoms with Crippen molar-refractivity contribution in [1.29, 1.82) is 0 Å². The molecule has 0 radical (unpaired) electrons. The maximum Gasteiger partial charge on any atom is 0.253 e. The van der Waals surface area contributed by atoms with E-state index in [-0.39, 0.29) is 11.9 Å². The van der Waals surface area contributed by atoms with Crippen LogP contribution in [0, 0.1) is 0 Å². The van der Waals surface area contributed by atoms with E-state index >= 15 is 0 Å². The summed E-state index contributed by atoms with van der Waals surface area (Å²) < 4.78 is 0. The first-order valence-electron chi connectivity index (χ1n) is 7.89. The summed E-state index contributed by atoms with van der Waals surface area (Å²) in [7, 11) is 0. The van der Waals surface area contributed by atoms with Gasteiger partial charge in [-0.2, -0.15) is 0 Å². The molecule has 1 aromatic heterocycles. The summed E-state index contributed by atoms with van der Waals surface area (Å²) in [4.78, 5) is 18.9. The molecule has 2 aliphatic rings. The number of carbonyl (C=O) groups excluding carboxylic acids is 1. The van der Waals surface area contributed by atoms with E-state index < -0.39 is 0 Å². The fourth-order valence-electron chi connectivity index (χ4n) is 2.69. The van der Waals surface area contributed by atoms with E-state index in [0.717, 1.165) is 25.3 Å². The van der Waals surface area contributed by atoms with Gasteiger partial charge in [0.25, 0.3) is 5.91 Å². The first kappa shape index (κ1) is 14.3. The zero-order valence-electron chi connectivity index (χ0n) is 12.8. The summed E-state index contributed by atoms with van der Waals surface area (Å²) in [5.74, 6) is 0.844. The summed E-state index contributed by atoms with van der Waals surface area (Å²) in [6, 6.07) is 5.12. The molecule has 2 N–H and O–H groups in total. The second kappa shape index (κ2) is 6.02. The number of rotatable bonds is 5. The Kier molecular flexibility index (Phi) is 4.10. The van der Waals surface area contributed by atoms with Crippen molar-refractivity contribution in [3.63, 3.8) is 0 Å². The van der Waals surface area contributed by atoms with E-state index in [1.165, 1.54) is 12.8 Å². The van der Waals surface area contributed by atoms with Gasteiger partial charge in [-0.25, -0.2) is 4.98 Å². The topological polar surface area (TPSA) is 57.3 Å². The highest BCUT2D eigenvalue weighted by molar-refractivity contribution is 5.94. The second-order valence-electron chi connectivity index (χ2n) is 6.40. The van der Waals surface area contributed by atoms with Crippen molar-refractivity contribution in [2.24, 2.45) is 0 Å².